The molecule has 0 nitrogen and oxygen atoms in total. The van der Waals surface area contributed by atoms with Crippen LogP contribution >= 0.6 is 0 Å². The molecular formula is C56H60. The number of unbranched alkanes of at least 4 members (excludes halogenated alkanes) is 4. The van der Waals surface area contributed by atoms with Crippen LogP contribution in [0.1, 0.15) is 149 Å². The van der Waals surface area contributed by atoms with Crippen LogP contribution in [0.15, 0.2) is 146 Å². The molecule has 2 aliphatic rings. The molecule has 0 bridgehead atoms. The quantitative estimate of drug-likeness (QED) is 0.0869. The molecular weight excluding hydrogens is 673 g/mol. The fourth-order valence-corrected chi connectivity index (χ4v) is 10.6. The number of rotatable bonds is 16. The molecule has 0 heteroatoms. The second-order valence-electron chi connectivity index (χ2n) is 16.7. The summed E-state index contributed by atoms with van der Waals surface area (Å²) in [4.78, 5) is 0. The molecule has 0 unspecified atom stereocenters. The number of benzene rings is 6. The van der Waals surface area contributed by atoms with Crippen LogP contribution in [0.5, 0.6) is 0 Å². The zero-order valence-electron chi connectivity index (χ0n) is 34.3. The second-order valence-corrected chi connectivity index (χ2v) is 16.7. The van der Waals surface area contributed by atoms with E-state index in [-0.39, 0.29) is 10.8 Å². The molecule has 6 aromatic carbocycles. The Morgan fingerprint density at radius 1 is 0.321 bits per heavy atom. The standard InChI is InChI=1S/C56H60/c1-5-9-35-55(36-10-6-2)49-29-21-19-27-45(49)47-33-31-43(39-51(47)55)53(41-23-15-13-16-24-41)54(42-25-17-14-18-26-42)44-32-34-48-46-28-20-22-30-50(46)56(37-11-7-3,38-12-8-4)52(48)40-44/h13-34,39-40H,5-12,35-38H2,1-4H3/b54-53+. The second kappa shape index (κ2) is 16.7. The van der Waals surface area contributed by atoms with Crippen molar-refractivity contribution in [2.24, 2.45) is 0 Å². The number of hydrogen-bond donors (Lipinski definition) is 0. The van der Waals surface area contributed by atoms with Gasteiger partial charge in [0, 0.05) is 10.8 Å². The molecule has 56 heavy (non-hydrogen) atoms. The molecule has 0 spiro atoms. The number of hydrogen-bond acceptors (Lipinski definition) is 0. The van der Waals surface area contributed by atoms with Crippen LogP contribution in [-0.4, -0.2) is 0 Å². The molecule has 8 rings (SSSR count). The first kappa shape index (κ1) is 38.0. The van der Waals surface area contributed by atoms with Crippen LogP contribution in [0.4, 0.5) is 0 Å². The summed E-state index contributed by atoms with van der Waals surface area (Å²) in [6.45, 7) is 9.40. The van der Waals surface area contributed by atoms with Gasteiger partial charge >= 0.3 is 0 Å². The summed E-state index contributed by atoms with van der Waals surface area (Å²) in [5.74, 6) is 0. The molecule has 0 fully saturated rings. The Morgan fingerprint density at radius 3 is 1.00 bits per heavy atom. The Hall–Kier alpha value is -4.94. The van der Waals surface area contributed by atoms with Crippen molar-refractivity contribution in [3.8, 4) is 22.3 Å². The van der Waals surface area contributed by atoms with Gasteiger partial charge in [-0.25, -0.2) is 0 Å². The molecule has 0 aromatic heterocycles. The van der Waals surface area contributed by atoms with Crippen LogP contribution in [0.25, 0.3) is 33.4 Å². The predicted octanol–water partition coefficient (Wildman–Crippen LogP) is 16.0. The molecule has 0 saturated carbocycles. The van der Waals surface area contributed by atoms with Crippen LogP contribution in [-0.2, 0) is 10.8 Å². The highest BCUT2D eigenvalue weighted by Crippen LogP contribution is 2.57. The summed E-state index contributed by atoms with van der Waals surface area (Å²) in [7, 11) is 0. The van der Waals surface area contributed by atoms with Gasteiger partial charge in [-0.1, -0.05) is 213 Å². The van der Waals surface area contributed by atoms with Crippen molar-refractivity contribution < 1.29 is 0 Å². The number of fused-ring (bicyclic) bond motifs is 6. The molecule has 0 heterocycles. The van der Waals surface area contributed by atoms with Crippen molar-refractivity contribution >= 4 is 11.1 Å². The third kappa shape index (κ3) is 6.60. The van der Waals surface area contributed by atoms with E-state index < -0.39 is 0 Å². The summed E-state index contributed by atoms with van der Waals surface area (Å²) in [5, 5.41) is 0. The van der Waals surface area contributed by atoms with Crippen LogP contribution < -0.4 is 0 Å². The topological polar surface area (TPSA) is 0 Å². The molecule has 0 N–H and O–H groups in total. The van der Waals surface area contributed by atoms with Gasteiger partial charge in [0.05, 0.1) is 0 Å². The third-order valence-electron chi connectivity index (χ3n) is 13.3. The van der Waals surface area contributed by atoms with Crippen molar-refractivity contribution in [3.63, 3.8) is 0 Å². The highest BCUT2D eigenvalue weighted by molar-refractivity contribution is 6.05. The summed E-state index contributed by atoms with van der Waals surface area (Å²) in [5.41, 5.74) is 19.7. The van der Waals surface area contributed by atoms with E-state index in [1.165, 1.54) is 155 Å². The molecule has 0 radical (unpaired) electrons. The maximum absolute atomic E-state index is 2.63. The Morgan fingerprint density at radius 2 is 0.643 bits per heavy atom. The lowest BCUT2D eigenvalue weighted by Crippen LogP contribution is -2.25. The van der Waals surface area contributed by atoms with E-state index in [1.54, 1.807) is 0 Å². The van der Waals surface area contributed by atoms with E-state index in [2.05, 4.69) is 173 Å². The van der Waals surface area contributed by atoms with E-state index in [0.29, 0.717) is 0 Å². The smallest absolute Gasteiger partial charge is 0.0215 e. The summed E-state index contributed by atoms with van der Waals surface area (Å²) in [6.07, 6.45) is 14.5. The average molecular weight is 733 g/mol. The summed E-state index contributed by atoms with van der Waals surface area (Å²) in [6, 6.07) is 56.2. The first-order valence-corrected chi connectivity index (χ1v) is 21.9. The maximum Gasteiger partial charge on any atom is 0.0215 e. The minimum Gasteiger partial charge on any atom is -0.0654 e. The van der Waals surface area contributed by atoms with Gasteiger partial charge in [-0.2, -0.15) is 0 Å². The van der Waals surface area contributed by atoms with Gasteiger partial charge in [-0.3, -0.25) is 0 Å². The lowest BCUT2D eigenvalue weighted by atomic mass is 9.70. The van der Waals surface area contributed by atoms with E-state index in [0.717, 1.165) is 0 Å². The molecule has 6 aromatic rings. The van der Waals surface area contributed by atoms with Gasteiger partial charge in [0.1, 0.15) is 0 Å². The average Bonchev–Trinajstić information content (AvgIpc) is 3.69. The monoisotopic (exact) mass is 732 g/mol. The lowest BCUT2D eigenvalue weighted by molar-refractivity contribution is 0.414. The third-order valence-corrected chi connectivity index (χ3v) is 13.3. The largest absolute Gasteiger partial charge is 0.0654 e. The maximum atomic E-state index is 2.63. The normalized spacial score (nSPS) is 14.8. The Kier molecular flexibility index (Phi) is 11.3. The Labute approximate surface area is 337 Å². The van der Waals surface area contributed by atoms with Gasteiger partial charge in [-0.15, -0.1) is 0 Å². The van der Waals surface area contributed by atoms with Gasteiger partial charge in [0.2, 0.25) is 0 Å². The Bertz CT molecular complexity index is 2120. The van der Waals surface area contributed by atoms with Gasteiger partial charge < -0.3 is 0 Å². The molecule has 0 saturated heterocycles. The first-order valence-electron chi connectivity index (χ1n) is 21.9. The highest BCUT2D eigenvalue weighted by atomic mass is 14.5. The van der Waals surface area contributed by atoms with Crippen LogP contribution in [0.2, 0.25) is 0 Å². The van der Waals surface area contributed by atoms with Gasteiger partial charge in [0.15, 0.2) is 0 Å². The van der Waals surface area contributed by atoms with Crippen molar-refractivity contribution in [1.29, 1.82) is 0 Å². The van der Waals surface area contributed by atoms with Crippen molar-refractivity contribution in [1.82, 2.24) is 0 Å². The fraction of sp³-hybridized carbons (Fsp3) is 0.321. The minimum atomic E-state index is 0.0279. The van der Waals surface area contributed by atoms with Crippen molar-refractivity contribution in [2.45, 2.75) is 116 Å². The zero-order valence-corrected chi connectivity index (χ0v) is 34.3. The molecule has 0 amide bonds. The Balaban J connectivity index is 1.42. The van der Waals surface area contributed by atoms with E-state index >= 15 is 0 Å². The van der Waals surface area contributed by atoms with Gasteiger partial charge in [0.25, 0.3) is 0 Å². The first-order chi connectivity index (χ1) is 27.6. The SMILES string of the molecule is CCCCC1(CCCC)c2ccccc2-c2ccc(/C(=C(\c3ccccc3)c3ccc4c(c3)C(CCCC)(CCCC)c3ccccc3-4)c3ccccc3)cc21. The minimum absolute atomic E-state index is 0.0279. The fourth-order valence-electron chi connectivity index (χ4n) is 10.6. The highest BCUT2D eigenvalue weighted by Gasteiger charge is 2.44. The van der Waals surface area contributed by atoms with Crippen LogP contribution in [0.3, 0.4) is 0 Å². The predicted molar refractivity (Wildman–Crippen MR) is 241 cm³/mol. The van der Waals surface area contributed by atoms with Crippen molar-refractivity contribution in [3.05, 3.63) is 190 Å². The van der Waals surface area contributed by atoms with E-state index in [4.69, 9.17) is 0 Å². The lowest BCUT2D eigenvalue weighted by Gasteiger charge is -2.33. The summed E-state index contributed by atoms with van der Waals surface area (Å²) >= 11 is 0. The zero-order chi connectivity index (χ0) is 38.5. The van der Waals surface area contributed by atoms with E-state index in [1.807, 2.05) is 0 Å². The summed E-state index contributed by atoms with van der Waals surface area (Å²) < 4.78 is 0. The van der Waals surface area contributed by atoms with E-state index in [9.17, 15) is 0 Å². The van der Waals surface area contributed by atoms with Gasteiger partial charge in [-0.05, 0) is 116 Å². The molecule has 0 atom stereocenters. The molecule has 284 valence electrons. The van der Waals surface area contributed by atoms with Crippen molar-refractivity contribution in [2.75, 3.05) is 0 Å². The molecule has 0 aliphatic heterocycles. The molecule has 2 aliphatic carbocycles. The van der Waals surface area contributed by atoms with Crippen LogP contribution in [0, 0.1) is 0 Å².